The molecule has 2 aromatic carbocycles. The molecule has 0 unspecified atom stereocenters. The van der Waals surface area contributed by atoms with Gasteiger partial charge in [0.1, 0.15) is 0 Å². The van der Waals surface area contributed by atoms with Crippen molar-refractivity contribution < 1.29 is 8.42 Å². The number of aryl methyl sites for hydroxylation is 2. The first-order chi connectivity index (χ1) is 9.51. The molecule has 5 heteroatoms. The highest BCUT2D eigenvalue weighted by molar-refractivity contribution is 7.92. The van der Waals surface area contributed by atoms with Gasteiger partial charge in [0.2, 0.25) is 0 Å². The van der Waals surface area contributed by atoms with E-state index in [1.54, 1.807) is 36.4 Å². The van der Waals surface area contributed by atoms with Crippen molar-refractivity contribution in [1.82, 2.24) is 0 Å². The van der Waals surface area contributed by atoms with Gasteiger partial charge in [0.05, 0.1) is 4.90 Å². The molecule has 0 aliphatic heterocycles. The summed E-state index contributed by atoms with van der Waals surface area (Å²) in [5, 5.41) is 0. The van der Waals surface area contributed by atoms with E-state index in [-0.39, 0.29) is 4.90 Å². The van der Waals surface area contributed by atoms with E-state index in [2.05, 4.69) is 4.72 Å². The number of hydrogen-bond donors (Lipinski definition) is 1. The van der Waals surface area contributed by atoms with E-state index in [0.717, 1.165) is 17.5 Å². The van der Waals surface area contributed by atoms with Crippen LogP contribution in [0.4, 0.5) is 5.69 Å². The molecule has 2 aromatic rings. The van der Waals surface area contributed by atoms with Crippen LogP contribution in [-0.2, 0) is 16.4 Å². The first kappa shape index (κ1) is 14.9. The van der Waals surface area contributed by atoms with Gasteiger partial charge in [0.15, 0.2) is 0 Å². The smallest absolute Gasteiger partial charge is 0.261 e. The number of alkyl halides is 1. The summed E-state index contributed by atoms with van der Waals surface area (Å²) >= 11 is 5.66. The maximum Gasteiger partial charge on any atom is 0.261 e. The van der Waals surface area contributed by atoms with Crippen LogP contribution in [0.15, 0.2) is 53.4 Å². The highest BCUT2D eigenvalue weighted by Crippen LogP contribution is 2.17. The Morgan fingerprint density at radius 2 is 1.80 bits per heavy atom. The van der Waals surface area contributed by atoms with Gasteiger partial charge in [-0.1, -0.05) is 24.3 Å². The average molecular weight is 310 g/mol. The predicted molar refractivity (Wildman–Crippen MR) is 82.9 cm³/mol. The Hall–Kier alpha value is -1.52. The first-order valence-electron chi connectivity index (χ1n) is 6.26. The van der Waals surface area contributed by atoms with Crippen molar-refractivity contribution in [2.75, 3.05) is 10.6 Å². The standard InChI is InChI=1S/C15H16ClNO2S/c1-12-3-2-4-14(11-12)17-20(18,19)15-7-5-13(6-8-15)9-10-16/h2-8,11,17H,9-10H2,1H3. The fourth-order valence-corrected chi connectivity index (χ4v) is 3.13. The summed E-state index contributed by atoms with van der Waals surface area (Å²) in [6.07, 6.45) is 0.729. The van der Waals surface area contributed by atoms with Crippen molar-refractivity contribution in [3.05, 3.63) is 59.7 Å². The minimum Gasteiger partial charge on any atom is -0.280 e. The van der Waals surface area contributed by atoms with Gasteiger partial charge >= 0.3 is 0 Å². The number of nitrogens with one attached hydrogen (secondary N) is 1. The van der Waals surface area contributed by atoms with Crippen LogP contribution in [0.2, 0.25) is 0 Å². The van der Waals surface area contributed by atoms with Crippen LogP contribution >= 0.6 is 11.6 Å². The molecule has 0 heterocycles. The maximum atomic E-state index is 12.2. The number of benzene rings is 2. The zero-order valence-corrected chi connectivity index (χ0v) is 12.7. The summed E-state index contributed by atoms with van der Waals surface area (Å²) in [4.78, 5) is 0.248. The molecule has 0 saturated carbocycles. The number of sulfonamides is 1. The normalized spacial score (nSPS) is 11.3. The molecule has 0 spiro atoms. The maximum absolute atomic E-state index is 12.2. The Morgan fingerprint density at radius 3 is 2.40 bits per heavy atom. The Bertz CT molecular complexity index is 681. The van der Waals surface area contributed by atoms with E-state index in [1.807, 2.05) is 19.1 Å². The summed E-state index contributed by atoms with van der Waals surface area (Å²) in [6.45, 7) is 1.92. The fraction of sp³-hybridized carbons (Fsp3) is 0.200. The number of hydrogen-bond acceptors (Lipinski definition) is 2. The number of anilines is 1. The molecule has 106 valence electrons. The minimum absolute atomic E-state index is 0.248. The van der Waals surface area contributed by atoms with Gasteiger partial charge in [-0.05, 0) is 48.7 Å². The molecule has 0 saturated heterocycles. The van der Waals surface area contributed by atoms with Crippen LogP contribution in [0.3, 0.4) is 0 Å². The van der Waals surface area contributed by atoms with Gasteiger partial charge in [-0.2, -0.15) is 0 Å². The van der Waals surface area contributed by atoms with Crippen molar-refractivity contribution in [2.45, 2.75) is 18.2 Å². The first-order valence-corrected chi connectivity index (χ1v) is 8.27. The van der Waals surface area contributed by atoms with Crippen molar-refractivity contribution in [2.24, 2.45) is 0 Å². The van der Waals surface area contributed by atoms with Crippen LogP contribution in [0.25, 0.3) is 0 Å². The molecular weight excluding hydrogens is 294 g/mol. The van der Waals surface area contributed by atoms with Gasteiger partial charge in [-0.15, -0.1) is 11.6 Å². The number of halogens is 1. The Balaban J connectivity index is 2.21. The highest BCUT2D eigenvalue weighted by atomic mass is 35.5. The monoisotopic (exact) mass is 309 g/mol. The van der Waals surface area contributed by atoms with Gasteiger partial charge in [0, 0.05) is 11.6 Å². The third kappa shape index (κ3) is 3.74. The van der Waals surface area contributed by atoms with E-state index in [4.69, 9.17) is 11.6 Å². The van der Waals surface area contributed by atoms with Crippen LogP contribution in [-0.4, -0.2) is 14.3 Å². The lowest BCUT2D eigenvalue weighted by atomic mass is 10.2. The summed E-state index contributed by atoms with van der Waals surface area (Å²) in [6, 6.07) is 14.0. The van der Waals surface area contributed by atoms with Crippen molar-refractivity contribution in [1.29, 1.82) is 0 Å². The largest absolute Gasteiger partial charge is 0.280 e. The molecule has 0 aliphatic rings. The lowest BCUT2D eigenvalue weighted by Crippen LogP contribution is -2.13. The molecule has 0 fully saturated rings. The zero-order chi connectivity index (χ0) is 14.6. The average Bonchev–Trinajstić information content (AvgIpc) is 2.39. The van der Waals surface area contributed by atoms with Crippen molar-refractivity contribution in [3.8, 4) is 0 Å². The van der Waals surface area contributed by atoms with Crippen molar-refractivity contribution in [3.63, 3.8) is 0 Å². The quantitative estimate of drug-likeness (QED) is 0.858. The molecule has 0 bridgehead atoms. The molecule has 0 amide bonds. The van der Waals surface area contributed by atoms with E-state index in [0.29, 0.717) is 11.6 Å². The van der Waals surface area contributed by atoms with Crippen LogP contribution in [0, 0.1) is 6.92 Å². The third-order valence-electron chi connectivity index (χ3n) is 2.89. The Kier molecular flexibility index (Phi) is 4.68. The van der Waals surface area contributed by atoms with E-state index in [1.165, 1.54) is 0 Å². The molecule has 3 nitrogen and oxygen atoms in total. The molecular formula is C15H16ClNO2S. The number of rotatable bonds is 5. The Labute approximate surface area is 124 Å². The van der Waals surface area contributed by atoms with Crippen LogP contribution in [0.5, 0.6) is 0 Å². The summed E-state index contributed by atoms with van der Waals surface area (Å²) in [7, 11) is -3.54. The second-order valence-corrected chi connectivity index (χ2v) is 6.62. The van der Waals surface area contributed by atoms with Gasteiger partial charge in [-0.25, -0.2) is 8.42 Å². The van der Waals surface area contributed by atoms with E-state index >= 15 is 0 Å². The van der Waals surface area contributed by atoms with E-state index in [9.17, 15) is 8.42 Å². The zero-order valence-electron chi connectivity index (χ0n) is 11.1. The second-order valence-electron chi connectivity index (χ2n) is 4.56. The predicted octanol–water partition coefficient (Wildman–Crippen LogP) is 3.58. The highest BCUT2D eigenvalue weighted by Gasteiger charge is 2.13. The molecule has 20 heavy (non-hydrogen) atoms. The summed E-state index contributed by atoms with van der Waals surface area (Å²) < 4.78 is 27.1. The lowest BCUT2D eigenvalue weighted by molar-refractivity contribution is 0.601. The summed E-state index contributed by atoms with van der Waals surface area (Å²) in [5.74, 6) is 0.521. The van der Waals surface area contributed by atoms with Gasteiger partial charge in [0.25, 0.3) is 10.0 Å². The Morgan fingerprint density at radius 1 is 1.10 bits per heavy atom. The molecule has 1 N–H and O–H groups in total. The van der Waals surface area contributed by atoms with Gasteiger partial charge in [-0.3, -0.25) is 4.72 Å². The van der Waals surface area contributed by atoms with Crippen LogP contribution in [0.1, 0.15) is 11.1 Å². The third-order valence-corrected chi connectivity index (χ3v) is 4.47. The molecule has 0 atom stereocenters. The van der Waals surface area contributed by atoms with Crippen LogP contribution < -0.4 is 4.72 Å². The SMILES string of the molecule is Cc1cccc(NS(=O)(=O)c2ccc(CCCl)cc2)c1. The fourth-order valence-electron chi connectivity index (χ4n) is 1.87. The van der Waals surface area contributed by atoms with Gasteiger partial charge < -0.3 is 0 Å². The molecule has 0 aliphatic carbocycles. The molecule has 0 radical (unpaired) electrons. The minimum atomic E-state index is -3.54. The summed E-state index contributed by atoms with van der Waals surface area (Å²) in [5.41, 5.74) is 2.59. The van der Waals surface area contributed by atoms with E-state index < -0.39 is 10.0 Å². The molecule has 2 rings (SSSR count). The van der Waals surface area contributed by atoms with Crippen molar-refractivity contribution >= 4 is 27.3 Å². The molecule has 0 aromatic heterocycles. The topological polar surface area (TPSA) is 46.2 Å². The lowest BCUT2D eigenvalue weighted by Gasteiger charge is -2.09. The second kappa shape index (κ2) is 6.29.